The number of rotatable bonds is 10. The molecule has 0 aliphatic rings. The zero-order valence-corrected chi connectivity index (χ0v) is 13.8. The van der Waals surface area contributed by atoms with Gasteiger partial charge in [-0.15, -0.1) is 0 Å². The van der Waals surface area contributed by atoms with E-state index in [4.69, 9.17) is 0 Å². The molecule has 0 saturated heterocycles. The van der Waals surface area contributed by atoms with Crippen molar-refractivity contribution in [3.8, 4) is 0 Å². The number of hydrogen-bond donors (Lipinski definition) is 0. The summed E-state index contributed by atoms with van der Waals surface area (Å²) in [6.07, 6.45) is 8.88. The first kappa shape index (κ1) is 22.8. The van der Waals surface area contributed by atoms with Crippen molar-refractivity contribution in [3.05, 3.63) is 0 Å². The Morgan fingerprint density at radius 1 is 0.647 bits per heavy atom. The largest absolute Gasteiger partial charge is 0.870 e. The summed E-state index contributed by atoms with van der Waals surface area (Å²) in [5.41, 5.74) is 0. The molecule has 0 aliphatic carbocycles. The van der Waals surface area contributed by atoms with E-state index >= 15 is 0 Å². The minimum atomic E-state index is 0. The van der Waals surface area contributed by atoms with Crippen molar-refractivity contribution in [2.24, 2.45) is 11.8 Å². The molecule has 3 heteroatoms. The van der Waals surface area contributed by atoms with Crippen molar-refractivity contribution in [2.45, 2.75) is 75.7 Å². The molecule has 0 aromatic carbocycles. The van der Waals surface area contributed by atoms with Gasteiger partial charge in [-0.2, -0.15) is 0 Å². The summed E-state index contributed by atoms with van der Waals surface area (Å²) in [6.45, 7) is 9.34. The zero-order chi connectivity index (χ0) is 11.5. The van der Waals surface area contributed by atoms with Gasteiger partial charge in [0.15, 0.2) is 0 Å². The van der Waals surface area contributed by atoms with E-state index in [1.54, 1.807) is 9.45 Å². The third-order valence-electron chi connectivity index (χ3n) is 2.77. The van der Waals surface area contributed by atoms with Crippen LogP contribution in [-0.2, 0) is 19.2 Å². The molecule has 0 spiro atoms. The van der Waals surface area contributed by atoms with Crippen molar-refractivity contribution in [2.75, 3.05) is 0 Å². The fraction of sp³-hybridized carbons (Fsp3) is 1.00. The molecule has 0 heterocycles. The Morgan fingerprint density at radius 2 is 1.00 bits per heavy atom. The smallest absolute Gasteiger partial charge is 0.870 e. The van der Waals surface area contributed by atoms with Gasteiger partial charge in [0.1, 0.15) is 0 Å². The zero-order valence-electron chi connectivity index (χ0n) is 12.2. The van der Waals surface area contributed by atoms with E-state index < -0.39 is 0 Å². The molecule has 0 aromatic rings. The summed E-state index contributed by atoms with van der Waals surface area (Å²) in [6, 6.07) is 0. The first-order valence-electron chi connectivity index (χ1n) is 6.83. The van der Waals surface area contributed by atoms with E-state index in [-0.39, 0.29) is 11.0 Å². The van der Waals surface area contributed by atoms with Gasteiger partial charge in [0, 0.05) is 0 Å². The van der Waals surface area contributed by atoms with Gasteiger partial charge in [-0.05, 0) is 0 Å². The molecule has 0 fully saturated rings. The van der Waals surface area contributed by atoms with Crippen LogP contribution in [0.5, 0.6) is 0 Å². The monoisotopic (exact) mass is 280 g/mol. The van der Waals surface area contributed by atoms with Gasteiger partial charge in [0.2, 0.25) is 0 Å². The summed E-state index contributed by atoms with van der Waals surface area (Å²) in [5, 5.41) is 0. The van der Waals surface area contributed by atoms with Crippen LogP contribution in [-0.4, -0.2) is 11.0 Å². The van der Waals surface area contributed by atoms with Crippen LogP contribution in [0.3, 0.4) is 0 Å². The molecule has 104 valence electrons. The molecule has 17 heavy (non-hydrogen) atoms. The molecule has 0 aromatic heterocycles. The second-order valence-corrected chi connectivity index (χ2v) is 7.87. The Hall–Kier alpha value is 0.634. The average molecular weight is 280 g/mol. The van der Waals surface area contributed by atoms with Crippen LogP contribution < -0.4 is 0 Å². The van der Waals surface area contributed by atoms with E-state index in [0.29, 0.717) is 19.2 Å². The number of unbranched alkanes of at least 4 members (excludes halogenated alkanes) is 2. The Kier molecular flexibility index (Phi) is 22.3. The van der Waals surface area contributed by atoms with Gasteiger partial charge >= 0.3 is 107 Å². The molecule has 0 atom stereocenters. The first-order valence-corrected chi connectivity index (χ1v) is 9.04. The Balaban J connectivity index is -0.000000980. The van der Waals surface area contributed by atoms with Gasteiger partial charge in [0.25, 0.3) is 0 Å². The predicted molar refractivity (Wildman–Crippen MR) is 70.9 cm³/mol. The Morgan fingerprint density at radius 3 is 1.29 bits per heavy atom. The maximum absolute atomic E-state index is 2.34. The fourth-order valence-corrected chi connectivity index (χ4v) is 3.68. The van der Waals surface area contributed by atoms with Crippen molar-refractivity contribution >= 4 is 0 Å². The van der Waals surface area contributed by atoms with E-state index in [9.17, 15) is 0 Å². The van der Waals surface area contributed by atoms with Gasteiger partial charge < -0.3 is 11.0 Å². The summed E-state index contributed by atoms with van der Waals surface area (Å²) < 4.78 is 3.18. The molecular formula is C14H32O2Ti. The Bertz CT molecular complexity index is 113. The predicted octanol–water partition coefficient (Wildman–Crippen LogP) is 5.20. The summed E-state index contributed by atoms with van der Waals surface area (Å²) >= 11 is 0.436. The van der Waals surface area contributed by atoms with Crippen LogP contribution in [0.4, 0.5) is 0 Å². The standard InChI is InChI=1S/2C7H15.2H2O.Ti/c2*1-4-5-6-7(2)3;;;/h2*7H,1,4-6H2,2-3H3;2*1H2;/q;;;;+2/p-2. The minimum absolute atomic E-state index is 0. The molecular weight excluding hydrogens is 248 g/mol. The fourth-order valence-electron chi connectivity index (χ4n) is 1.73. The topological polar surface area (TPSA) is 60.0 Å². The summed E-state index contributed by atoms with van der Waals surface area (Å²) in [4.78, 5) is 0. The average Bonchev–Trinajstić information content (AvgIpc) is 2.14. The van der Waals surface area contributed by atoms with E-state index in [1.807, 2.05) is 0 Å². The van der Waals surface area contributed by atoms with Gasteiger partial charge in [-0.3, -0.25) is 0 Å². The molecule has 0 saturated carbocycles. The van der Waals surface area contributed by atoms with Gasteiger partial charge in [-0.25, -0.2) is 0 Å². The van der Waals surface area contributed by atoms with Crippen LogP contribution in [0.2, 0.25) is 9.45 Å². The maximum Gasteiger partial charge on any atom is -0.870 e. The quantitative estimate of drug-likeness (QED) is 0.407. The van der Waals surface area contributed by atoms with E-state index in [1.165, 1.54) is 38.5 Å². The van der Waals surface area contributed by atoms with Gasteiger partial charge in [-0.1, -0.05) is 0 Å². The van der Waals surface area contributed by atoms with Gasteiger partial charge in [0.05, 0.1) is 0 Å². The van der Waals surface area contributed by atoms with Crippen LogP contribution in [0.1, 0.15) is 66.2 Å². The van der Waals surface area contributed by atoms with Crippen LogP contribution in [0.15, 0.2) is 0 Å². The normalized spacial score (nSPS) is 9.76. The molecule has 0 amide bonds. The minimum Gasteiger partial charge on any atom is -0.870 e. The SMILES string of the molecule is CC(C)CCC[CH2][Ti+2][CH2]CCCC(C)C.[OH-].[OH-]. The first-order chi connectivity index (χ1) is 7.13. The molecule has 0 aliphatic heterocycles. The third kappa shape index (κ3) is 22.3. The third-order valence-corrected chi connectivity index (χ3v) is 4.98. The summed E-state index contributed by atoms with van der Waals surface area (Å²) in [5.74, 6) is 1.83. The summed E-state index contributed by atoms with van der Waals surface area (Å²) in [7, 11) is 0. The molecule has 0 rings (SSSR count). The van der Waals surface area contributed by atoms with Crippen molar-refractivity contribution in [3.63, 3.8) is 0 Å². The van der Waals surface area contributed by atoms with Crippen molar-refractivity contribution < 1.29 is 30.1 Å². The molecule has 0 radical (unpaired) electrons. The second-order valence-electron chi connectivity index (χ2n) is 5.53. The van der Waals surface area contributed by atoms with E-state index in [0.717, 1.165) is 11.8 Å². The van der Waals surface area contributed by atoms with Crippen molar-refractivity contribution in [1.82, 2.24) is 0 Å². The van der Waals surface area contributed by atoms with Crippen LogP contribution in [0.25, 0.3) is 0 Å². The second kappa shape index (κ2) is 16.6. The Labute approximate surface area is 117 Å². The van der Waals surface area contributed by atoms with Crippen LogP contribution >= 0.6 is 0 Å². The number of hydrogen-bond acceptors (Lipinski definition) is 2. The van der Waals surface area contributed by atoms with Crippen molar-refractivity contribution in [1.29, 1.82) is 0 Å². The van der Waals surface area contributed by atoms with Crippen LogP contribution in [0, 0.1) is 11.8 Å². The maximum atomic E-state index is 2.34. The molecule has 2 nitrogen and oxygen atoms in total. The molecule has 0 bridgehead atoms. The molecule has 0 unspecified atom stereocenters. The molecule has 2 N–H and O–H groups in total. The van der Waals surface area contributed by atoms with E-state index in [2.05, 4.69) is 27.7 Å².